The topological polar surface area (TPSA) is 122 Å². The van der Waals surface area contributed by atoms with Gasteiger partial charge in [0, 0.05) is 25.2 Å². The maximum Gasteiger partial charge on any atom is 0.338 e. The zero-order valence-corrected chi connectivity index (χ0v) is 28.2. The first-order valence-electron chi connectivity index (χ1n) is 16.0. The van der Waals surface area contributed by atoms with Gasteiger partial charge >= 0.3 is 11.9 Å². The fourth-order valence-corrected chi connectivity index (χ4v) is 6.33. The number of anilines is 2. The van der Waals surface area contributed by atoms with E-state index < -0.39 is 16.1 Å². The molecule has 0 saturated carbocycles. The molecule has 0 unspecified atom stereocenters. The quantitative estimate of drug-likeness (QED) is 0.127. The molecular weight excluding hydrogens is 608 g/mol. The third kappa shape index (κ3) is 7.61. The second-order valence-corrected chi connectivity index (χ2v) is 12.4. The number of carbonyl (C=O) groups is 2. The molecule has 2 heterocycles. The largest absolute Gasteiger partial charge is 0.462 e. The van der Waals surface area contributed by atoms with Crippen LogP contribution in [0, 0.1) is 0 Å². The molecule has 0 spiro atoms. The zero-order chi connectivity index (χ0) is 33.4. The van der Waals surface area contributed by atoms with Crippen LogP contribution in [-0.2, 0) is 32.7 Å². The smallest absolute Gasteiger partial charge is 0.338 e. The molecule has 0 aliphatic carbocycles. The van der Waals surface area contributed by atoms with E-state index in [4.69, 9.17) is 9.47 Å². The molecule has 0 bridgehead atoms. The third-order valence-electron chi connectivity index (χ3n) is 7.88. The maximum atomic E-state index is 12.6. The summed E-state index contributed by atoms with van der Waals surface area (Å²) in [6.45, 7) is 12.8. The van der Waals surface area contributed by atoms with Gasteiger partial charge in [-0.2, -0.15) is 8.42 Å². The number of carbonyl (C=O) groups excluding carboxylic acids is 2. The fraction of sp³-hybridized carbons (Fsp3) is 0.441. The second kappa shape index (κ2) is 15.4. The van der Waals surface area contributed by atoms with E-state index in [-0.39, 0.29) is 24.7 Å². The highest BCUT2D eigenvalue weighted by atomic mass is 32.2. The minimum atomic E-state index is -4.14. The summed E-state index contributed by atoms with van der Waals surface area (Å²) < 4.78 is 47.4. The van der Waals surface area contributed by atoms with Crippen molar-refractivity contribution in [1.29, 1.82) is 0 Å². The van der Waals surface area contributed by atoms with Gasteiger partial charge in [0.15, 0.2) is 11.0 Å². The van der Waals surface area contributed by atoms with Crippen molar-refractivity contribution < 1.29 is 36.6 Å². The summed E-state index contributed by atoms with van der Waals surface area (Å²) in [4.78, 5) is 29.2. The molecular formula is C34H45N4O7S+. The van der Waals surface area contributed by atoms with Crippen molar-refractivity contribution in [2.75, 3.05) is 41.9 Å². The van der Waals surface area contributed by atoms with Crippen LogP contribution in [0.4, 0.5) is 11.4 Å². The summed E-state index contributed by atoms with van der Waals surface area (Å²) in [6.07, 6.45) is 8.19. The molecule has 11 nitrogen and oxygen atoms in total. The Bertz CT molecular complexity index is 1740. The Morgan fingerprint density at radius 1 is 0.870 bits per heavy atom. The van der Waals surface area contributed by atoms with E-state index in [1.165, 1.54) is 0 Å². The molecule has 0 amide bonds. The van der Waals surface area contributed by atoms with Crippen molar-refractivity contribution in [3.8, 4) is 0 Å². The van der Waals surface area contributed by atoms with E-state index in [0.717, 1.165) is 53.4 Å². The van der Waals surface area contributed by atoms with E-state index >= 15 is 0 Å². The molecule has 12 heteroatoms. The number of rotatable bonds is 15. The van der Waals surface area contributed by atoms with Crippen LogP contribution in [0.5, 0.6) is 0 Å². The fourth-order valence-electron chi connectivity index (χ4n) is 5.84. The highest BCUT2D eigenvalue weighted by Crippen LogP contribution is 2.42. The van der Waals surface area contributed by atoms with Gasteiger partial charge in [0.25, 0.3) is 15.9 Å². The van der Waals surface area contributed by atoms with Crippen molar-refractivity contribution >= 4 is 50.5 Å². The standard InChI is InChI=1S/C34H44N4O7S/c1-6-11-20-37-28-19-17-25(33(39)44-9-4)23-29(28)36(8-3)32(37)15-12-14-31-35(7-2)27-18-16-26(34(40)45-10-5)24-30(27)38(31)21-13-22-46(41,42)43/h12,14-19,23-24H,6-11,13,20-22H2,1-5H3/p+1. The van der Waals surface area contributed by atoms with Crippen molar-refractivity contribution in [3.63, 3.8) is 0 Å². The van der Waals surface area contributed by atoms with Gasteiger partial charge in [0.2, 0.25) is 0 Å². The highest BCUT2D eigenvalue weighted by molar-refractivity contribution is 7.85. The summed E-state index contributed by atoms with van der Waals surface area (Å²) in [5.74, 6) is 0.626. The van der Waals surface area contributed by atoms with Gasteiger partial charge in [-0.25, -0.2) is 18.7 Å². The number of hydrogen-bond acceptors (Lipinski definition) is 8. The molecule has 0 radical (unpaired) electrons. The molecule has 248 valence electrons. The SMILES string of the molecule is CCCC[n+]1c(C=CC=C2N(CC)c3ccc(C(=O)OCC)cc3N2CCCS(=O)(=O)O)n(CC)c2cc(C(=O)OCC)ccc21. The van der Waals surface area contributed by atoms with Gasteiger partial charge in [-0.1, -0.05) is 19.4 Å². The van der Waals surface area contributed by atoms with Crippen LogP contribution in [0.2, 0.25) is 0 Å². The Balaban J connectivity index is 1.80. The van der Waals surface area contributed by atoms with Crippen molar-refractivity contribution in [3.05, 3.63) is 71.3 Å². The van der Waals surface area contributed by atoms with E-state index in [2.05, 4.69) is 27.9 Å². The first kappa shape index (κ1) is 34.7. The van der Waals surface area contributed by atoms with Gasteiger partial charge in [-0.3, -0.25) is 4.55 Å². The lowest BCUT2D eigenvalue weighted by molar-refractivity contribution is -0.674. The molecule has 3 aromatic rings. The number of aromatic nitrogens is 2. The molecule has 0 fully saturated rings. The molecule has 1 aliphatic heterocycles. The highest BCUT2D eigenvalue weighted by Gasteiger charge is 2.31. The number of hydrogen-bond donors (Lipinski definition) is 1. The molecule has 1 aromatic heterocycles. The molecule has 2 aromatic carbocycles. The summed E-state index contributed by atoms with van der Waals surface area (Å²) in [5.41, 5.74) is 4.52. The molecule has 1 aliphatic rings. The van der Waals surface area contributed by atoms with E-state index in [1.54, 1.807) is 26.0 Å². The summed E-state index contributed by atoms with van der Waals surface area (Å²) in [6, 6.07) is 11.0. The van der Waals surface area contributed by atoms with Crippen LogP contribution in [-0.4, -0.2) is 61.5 Å². The second-order valence-electron chi connectivity index (χ2n) is 10.9. The van der Waals surface area contributed by atoms with Crippen LogP contribution >= 0.6 is 0 Å². The summed E-state index contributed by atoms with van der Waals surface area (Å²) >= 11 is 0. The maximum absolute atomic E-state index is 12.6. The Morgan fingerprint density at radius 3 is 2.15 bits per heavy atom. The Kier molecular flexibility index (Phi) is 11.6. The van der Waals surface area contributed by atoms with Gasteiger partial charge in [-0.05, 0) is 76.9 Å². The Hall–Kier alpha value is -4.16. The van der Waals surface area contributed by atoms with Gasteiger partial charge in [0.1, 0.15) is 5.82 Å². The average molecular weight is 654 g/mol. The predicted molar refractivity (Wildman–Crippen MR) is 180 cm³/mol. The number of unbranched alkanes of at least 4 members (excludes halogenated alkanes) is 1. The normalized spacial score (nSPS) is 14.1. The Morgan fingerprint density at radius 2 is 1.54 bits per heavy atom. The lowest BCUT2D eigenvalue weighted by Gasteiger charge is -2.24. The van der Waals surface area contributed by atoms with E-state index in [9.17, 15) is 22.6 Å². The van der Waals surface area contributed by atoms with Gasteiger partial charge in [0.05, 0.1) is 54.6 Å². The Labute approximate surface area is 271 Å². The van der Waals surface area contributed by atoms with Crippen LogP contribution in [0.25, 0.3) is 17.1 Å². The van der Waals surface area contributed by atoms with Gasteiger partial charge < -0.3 is 19.3 Å². The number of nitrogens with zero attached hydrogens (tertiary/aromatic N) is 4. The van der Waals surface area contributed by atoms with Crippen molar-refractivity contribution in [2.45, 2.75) is 67.0 Å². The first-order chi connectivity index (χ1) is 22.1. The minimum Gasteiger partial charge on any atom is -0.462 e. The number of fused-ring (bicyclic) bond motifs is 2. The van der Waals surface area contributed by atoms with Crippen LogP contribution in [0.1, 0.15) is 80.4 Å². The third-order valence-corrected chi connectivity index (χ3v) is 8.69. The van der Waals surface area contributed by atoms with Crippen LogP contribution in [0.3, 0.4) is 0 Å². The van der Waals surface area contributed by atoms with E-state index in [1.807, 2.05) is 54.3 Å². The predicted octanol–water partition coefficient (Wildman–Crippen LogP) is 5.58. The minimum absolute atomic E-state index is 0.185. The summed E-state index contributed by atoms with van der Waals surface area (Å²) in [7, 11) is -4.14. The van der Waals surface area contributed by atoms with Crippen molar-refractivity contribution in [2.24, 2.45) is 0 Å². The number of aryl methyl sites for hydroxylation is 2. The first-order valence-corrected chi connectivity index (χ1v) is 17.6. The zero-order valence-electron chi connectivity index (χ0n) is 27.4. The van der Waals surface area contributed by atoms with Gasteiger partial charge in [-0.15, -0.1) is 0 Å². The average Bonchev–Trinajstić information content (AvgIpc) is 3.49. The van der Waals surface area contributed by atoms with Crippen LogP contribution < -0.4 is 14.4 Å². The lowest BCUT2D eigenvalue weighted by Crippen LogP contribution is -2.36. The molecule has 46 heavy (non-hydrogen) atoms. The van der Waals surface area contributed by atoms with E-state index in [0.29, 0.717) is 37.4 Å². The van der Waals surface area contributed by atoms with Crippen LogP contribution in [0.15, 0.2) is 54.4 Å². The molecule has 1 N–H and O–H groups in total. The number of esters is 2. The molecule has 0 saturated heterocycles. The van der Waals surface area contributed by atoms with Crippen molar-refractivity contribution in [1.82, 2.24) is 4.57 Å². The number of imidazole rings is 1. The molecule has 4 rings (SSSR count). The lowest BCUT2D eigenvalue weighted by atomic mass is 10.1. The summed E-state index contributed by atoms with van der Waals surface area (Å²) in [5, 5.41) is 0. The monoisotopic (exact) mass is 653 g/mol. The molecule has 0 atom stereocenters. The number of ether oxygens (including phenoxy) is 2. The number of benzene rings is 2. The number of allylic oxidation sites excluding steroid dienone is 2.